The molecular formula is C25H23N5O4. The molecule has 0 atom stereocenters. The van der Waals surface area contributed by atoms with E-state index in [2.05, 4.69) is 15.4 Å². The van der Waals surface area contributed by atoms with Crippen molar-refractivity contribution in [2.75, 3.05) is 6.61 Å². The number of carbonyl (C=O) groups is 2. The Morgan fingerprint density at radius 1 is 0.971 bits per heavy atom. The number of nitrogens with one attached hydrogen (secondary N) is 2. The number of aromatic nitrogens is 2. The van der Waals surface area contributed by atoms with Crippen molar-refractivity contribution in [1.29, 1.82) is 0 Å². The normalized spacial score (nSPS) is 10.6. The zero-order valence-corrected chi connectivity index (χ0v) is 18.2. The number of hydroxylamine groups is 1. The molecule has 0 fully saturated rings. The van der Waals surface area contributed by atoms with Gasteiger partial charge in [-0.3, -0.25) is 25.2 Å². The van der Waals surface area contributed by atoms with Gasteiger partial charge < -0.3 is 4.74 Å². The van der Waals surface area contributed by atoms with E-state index in [-0.39, 0.29) is 6.42 Å². The molecule has 0 aliphatic rings. The van der Waals surface area contributed by atoms with Crippen molar-refractivity contribution in [2.24, 2.45) is 5.84 Å². The zero-order chi connectivity index (χ0) is 23.9. The van der Waals surface area contributed by atoms with Crippen LogP contribution in [0.4, 0.5) is 0 Å². The summed E-state index contributed by atoms with van der Waals surface area (Å²) in [7, 11) is 0. The lowest BCUT2D eigenvalue weighted by Gasteiger charge is -2.10. The van der Waals surface area contributed by atoms with E-state index in [9.17, 15) is 9.59 Å². The first-order chi connectivity index (χ1) is 16.6. The van der Waals surface area contributed by atoms with Crippen LogP contribution in [-0.2, 0) is 4.79 Å². The zero-order valence-electron chi connectivity index (χ0n) is 18.2. The molecule has 4 rings (SSSR count). The van der Waals surface area contributed by atoms with Crippen LogP contribution in [0.3, 0.4) is 0 Å². The summed E-state index contributed by atoms with van der Waals surface area (Å²) in [4.78, 5) is 32.0. The third kappa shape index (κ3) is 5.17. The van der Waals surface area contributed by atoms with Crippen molar-refractivity contribution in [3.05, 3.63) is 78.6 Å². The fraction of sp³-hybridized carbons (Fsp3) is 0.120. The molecule has 0 radical (unpaired) electrons. The Hall–Kier alpha value is -4.34. The van der Waals surface area contributed by atoms with Gasteiger partial charge in [0.25, 0.3) is 5.91 Å². The molecule has 0 bridgehead atoms. The fourth-order valence-electron chi connectivity index (χ4n) is 3.54. The summed E-state index contributed by atoms with van der Waals surface area (Å²) >= 11 is 0. The predicted octanol–water partition coefficient (Wildman–Crippen LogP) is 3.23. The Morgan fingerprint density at radius 3 is 2.32 bits per heavy atom. The van der Waals surface area contributed by atoms with Gasteiger partial charge in [-0.05, 0) is 41.8 Å². The van der Waals surface area contributed by atoms with Gasteiger partial charge in [0, 0.05) is 29.8 Å². The lowest BCUT2D eigenvalue weighted by Crippen LogP contribution is -2.30. The van der Waals surface area contributed by atoms with E-state index < -0.39 is 11.8 Å². The molecule has 0 saturated heterocycles. The van der Waals surface area contributed by atoms with E-state index in [0.29, 0.717) is 40.9 Å². The van der Waals surface area contributed by atoms with Gasteiger partial charge in [-0.2, -0.15) is 0 Å². The molecular weight excluding hydrogens is 434 g/mol. The molecule has 0 aliphatic carbocycles. The Bertz CT molecular complexity index is 1310. The first-order valence-corrected chi connectivity index (χ1v) is 10.6. The van der Waals surface area contributed by atoms with Crippen molar-refractivity contribution < 1.29 is 19.5 Å². The Kier molecular flexibility index (Phi) is 7.07. The Labute approximate surface area is 195 Å². The summed E-state index contributed by atoms with van der Waals surface area (Å²) < 4.78 is 5.63. The Morgan fingerprint density at radius 2 is 1.65 bits per heavy atom. The molecule has 0 saturated carbocycles. The van der Waals surface area contributed by atoms with Crippen LogP contribution >= 0.6 is 0 Å². The number of fused-ring (bicyclic) bond motifs is 1. The molecule has 0 spiro atoms. The maximum atomic E-state index is 12.3. The third-order valence-electron chi connectivity index (χ3n) is 5.30. The molecule has 0 unspecified atom stereocenters. The second-order valence-electron chi connectivity index (χ2n) is 7.51. The van der Waals surface area contributed by atoms with Crippen LogP contribution in [0, 0.1) is 0 Å². The SMILES string of the molecule is NNC(=O)c1cc(-c2ccc(-c3ccc(OCCCC(=O)NO)cc3)cc2)nc2ccncc12. The van der Waals surface area contributed by atoms with Gasteiger partial charge >= 0.3 is 0 Å². The molecule has 4 aromatic rings. The molecule has 0 aliphatic heterocycles. The van der Waals surface area contributed by atoms with Crippen molar-refractivity contribution in [1.82, 2.24) is 20.9 Å². The number of nitrogens with zero attached hydrogens (tertiary/aromatic N) is 2. The lowest BCUT2D eigenvalue weighted by molar-refractivity contribution is -0.129. The highest BCUT2D eigenvalue weighted by molar-refractivity contribution is 6.06. The molecule has 172 valence electrons. The molecule has 9 heteroatoms. The maximum Gasteiger partial charge on any atom is 0.265 e. The predicted molar refractivity (Wildman–Crippen MR) is 127 cm³/mol. The average Bonchev–Trinajstić information content (AvgIpc) is 2.90. The first kappa shape index (κ1) is 22.8. The summed E-state index contributed by atoms with van der Waals surface area (Å²) in [6.45, 7) is 0.375. The monoisotopic (exact) mass is 457 g/mol. The van der Waals surface area contributed by atoms with E-state index in [1.54, 1.807) is 30.0 Å². The summed E-state index contributed by atoms with van der Waals surface area (Å²) in [6, 6.07) is 19.0. The number of ether oxygens (including phenoxy) is 1. The first-order valence-electron chi connectivity index (χ1n) is 10.6. The fourth-order valence-corrected chi connectivity index (χ4v) is 3.54. The summed E-state index contributed by atoms with van der Waals surface area (Å²) in [5.41, 5.74) is 8.38. The van der Waals surface area contributed by atoms with Gasteiger partial charge in [0.2, 0.25) is 5.91 Å². The molecule has 2 aromatic heterocycles. The Balaban J connectivity index is 1.50. The summed E-state index contributed by atoms with van der Waals surface area (Å²) in [5, 5.41) is 9.12. The quantitative estimate of drug-likeness (QED) is 0.105. The van der Waals surface area contributed by atoms with Gasteiger partial charge in [0.05, 0.1) is 23.4 Å². The number of pyridine rings is 2. The second-order valence-corrected chi connectivity index (χ2v) is 7.51. The van der Waals surface area contributed by atoms with Crippen molar-refractivity contribution >= 4 is 22.7 Å². The van der Waals surface area contributed by atoms with Crippen LogP contribution in [0.25, 0.3) is 33.3 Å². The van der Waals surface area contributed by atoms with Crippen LogP contribution < -0.4 is 21.5 Å². The lowest BCUT2D eigenvalue weighted by atomic mass is 10.0. The van der Waals surface area contributed by atoms with Crippen molar-refractivity contribution in [3.63, 3.8) is 0 Å². The summed E-state index contributed by atoms with van der Waals surface area (Å²) in [5.74, 6) is 5.22. The molecule has 34 heavy (non-hydrogen) atoms. The van der Waals surface area contributed by atoms with Crippen molar-refractivity contribution in [2.45, 2.75) is 12.8 Å². The minimum absolute atomic E-state index is 0.197. The van der Waals surface area contributed by atoms with Crippen LogP contribution in [0.5, 0.6) is 5.75 Å². The standard InChI is InChI=1S/C25H23N5O4/c26-29-25(32)20-14-23(28-22-11-12-27-15-21(20)22)18-5-3-16(4-6-18)17-7-9-19(10-8-17)34-13-1-2-24(31)30-33/h3-12,14-15,33H,1-2,13,26H2,(H,29,32)(H,30,31). The topological polar surface area (TPSA) is 139 Å². The molecule has 9 nitrogen and oxygen atoms in total. The molecule has 2 amide bonds. The van der Waals surface area contributed by atoms with Crippen LogP contribution in [-0.4, -0.2) is 33.6 Å². The van der Waals surface area contributed by atoms with Crippen LogP contribution in [0.2, 0.25) is 0 Å². The number of hydrogen-bond donors (Lipinski definition) is 4. The molecule has 5 N–H and O–H groups in total. The number of rotatable bonds is 8. The minimum Gasteiger partial charge on any atom is -0.494 e. The molecule has 2 heterocycles. The van der Waals surface area contributed by atoms with Gasteiger partial charge in [0.1, 0.15) is 5.75 Å². The maximum absolute atomic E-state index is 12.3. The highest BCUT2D eigenvalue weighted by Crippen LogP contribution is 2.28. The number of benzene rings is 2. The highest BCUT2D eigenvalue weighted by Gasteiger charge is 2.13. The third-order valence-corrected chi connectivity index (χ3v) is 5.30. The van der Waals surface area contributed by atoms with E-state index in [1.807, 2.05) is 48.5 Å². The van der Waals surface area contributed by atoms with Gasteiger partial charge in [-0.15, -0.1) is 0 Å². The van der Waals surface area contributed by atoms with E-state index >= 15 is 0 Å². The number of nitrogen functional groups attached to an aromatic ring is 1. The number of hydrogen-bond acceptors (Lipinski definition) is 7. The second kappa shape index (κ2) is 10.5. The smallest absolute Gasteiger partial charge is 0.265 e. The van der Waals surface area contributed by atoms with Crippen molar-refractivity contribution in [3.8, 4) is 28.1 Å². The minimum atomic E-state index is -0.433. The van der Waals surface area contributed by atoms with Gasteiger partial charge in [-0.1, -0.05) is 36.4 Å². The molecule has 2 aromatic carbocycles. The van der Waals surface area contributed by atoms with Crippen LogP contribution in [0.1, 0.15) is 23.2 Å². The number of carbonyl (C=O) groups excluding carboxylic acids is 2. The number of amides is 2. The van der Waals surface area contributed by atoms with E-state index in [4.69, 9.17) is 15.8 Å². The van der Waals surface area contributed by atoms with E-state index in [1.165, 1.54) is 0 Å². The highest BCUT2D eigenvalue weighted by atomic mass is 16.5. The van der Waals surface area contributed by atoms with Gasteiger partial charge in [-0.25, -0.2) is 16.3 Å². The largest absolute Gasteiger partial charge is 0.494 e. The van der Waals surface area contributed by atoms with Gasteiger partial charge in [0.15, 0.2) is 0 Å². The average molecular weight is 457 g/mol. The van der Waals surface area contributed by atoms with E-state index in [0.717, 1.165) is 16.7 Å². The summed E-state index contributed by atoms with van der Waals surface area (Å²) in [6.07, 6.45) is 3.93. The van der Waals surface area contributed by atoms with Crippen LogP contribution in [0.15, 0.2) is 73.1 Å². The number of hydrazine groups is 1. The number of nitrogens with two attached hydrogens (primary N) is 1.